The van der Waals surface area contributed by atoms with Gasteiger partial charge in [-0.1, -0.05) is 0 Å². The second-order valence-corrected chi connectivity index (χ2v) is 4.53. The lowest BCUT2D eigenvalue weighted by atomic mass is 9.91. The van der Waals surface area contributed by atoms with Crippen LogP contribution in [-0.4, -0.2) is 35.7 Å². The van der Waals surface area contributed by atoms with E-state index >= 15 is 0 Å². The van der Waals surface area contributed by atoms with Gasteiger partial charge in [0.2, 0.25) is 0 Å². The third kappa shape index (κ3) is 1.47. The van der Waals surface area contributed by atoms with Crippen LogP contribution in [-0.2, 0) is 0 Å². The predicted molar refractivity (Wildman–Crippen MR) is 56.0 cm³/mol. The van der Waals surface area contributed by atoms with Gasteiger partial charge in [0, 0.05) is 23.9 Å². The van der Waals surface area contributed by atoms with Gasteiger partial charge in [0.05, 0.1) is 6.61 Å². The summed E-state index contributed by atoms with van der Waals surface area (Å²) in [6, 6.07) is 2.44. The molecule has 1 aliphatic carbocycles. The van der Waals surface area contributed by atoms with Crippen LogP contribution in [0.4, 0.5) is 0 Å². The van der Waals surface area contributed by atoms with Gasteiger partial charge in [-0.05, 0) is 38.6 Å². The Morgan fingerprint density at radius 3 is 2.64 bits per heavy atom. The second-order valence-electron chi connectivity index (χ2n) is 4.53. The Labute approximate surface area is 84.7 Å². The van der Waals surface area contributed by atoms with Gasteiger partial charge in [-0.3, -0.25) is 0 Å². The van der Waals surface area contributed by atoms with Crippen molar-refractivity contribution in [1.29, 1.82) is 0 Å². The van der Waals surface area contributed by atoms with Crippen LogP contribution in [0.5, 0.6) is 0 Å². The molecule has 0 radical (unpaired) electrons. The number of hydrogen-bond donors (Lipinski definition) is 2. The zero-order chi connectivity index (χ0) is 10.2. The summed E-state index contributed by atoms with van der Waals surface area (Å²) in [7, 11) is 4.15. The number of aromatic amines is 1. The van der Waals surface area contributed by atoms with Gasteiger partial charge in [-0.15, -0.1) is 0 Å². The summed E-state index contributed by atoms with van der Waals surface area (Å²) in [6.45, 7) is 0.293. The van der Waals surface area contributed by atoms with Gasteiger partial charge in [0.25, 0.3) is 0 Å². The average molecular weight is 194 g/mol. The van der Waals surface area contributed by atoms with E-state index in [0.717, 1.165) is 12.8 Å². The van der Waals surface area contributed by atoms with E-state index in [9.17, 15) is 5.11 Å². The summed E-state index contributed by atoms with van der Waals surface area (Å²) >= 11 is 0. The van der Waals surface area contributed by atoms with E-state index < -0.39 is 0 Å². The SMILES string of the molecule is CN(C)C(c1cc[nH]c1)C1(CO)CC1. The third-order valence-corrected chi connectivity index (χ3v) is 3.24. The first-order valence-corrected chi connectivity index (χ1v) is 5.09. The van der Waals surface area contributed by atoms with Crippen LogP contribution in [0.1, 0.15) is 24.4 Å². The Bertz CT molecular complexity index is 288. The van der Waals surface area contributed by atoms with Crippen molar-refractivity contribution in [1.82, 2.24) is 9.88 Å². The van der Waals surface area contributed by atoms with Crippen molar-refractivity contribution < 1.29 is 5.11 Å². The molecule has 14 heavy (non-hydrogen) atoms. The standard InChI is InChI=1S/C11H18N2O/c1-13(2)10(9-3-6-12-7-9)11(8-14)4-5-11/h3,6-7,10,12,14H,4-5,8H2,1-2H3. The summed E-state index contributed by atoms with van der Waals surface area (Å²) in [5, 5.41) is 9.44. The molecule has 1 fully saturated rings. The fourth-order valence-corrected chi connectivity index (χ4v) is 2.38. The molecule has 1 aromatic heterocycles. The first-order valence-electron chi connectivity index (χ1n) is 5.09. The van der Waals surface area contributed by atoms with Gasteiger partial charge in [0.1, 0.15) is 0 Å². The Kier molecular flexibility index (Phi) is 2.37. The van der Waals surface area contributed by atoms with Crippen LogP contribution >= 0.6 is 0 Å². The van der Waals surface area contributed by atoms with E-state index in [1.807, 2.05) is 12.4 Å². The lowest BCUT2D eigenvalue weighted by molar-refractivity contribution is 0.116. The minimum Gasteiger partial charge on any atom is -0.396 e. The molecule has 0 spiro atoms. The Morgan fingerprint density at radius 2 is 2.29 bits per heavy atom. The van der Waals surface area contributed by atoms with Crippen LogP contribution in [0, 0.1) is 5.41 Å². The van der Waals surface area contributed by atoms with Crippen molar-refractivity contribution in [2.75, 3.05) is 20.7 Å². The minimum absolute atomic E-state index is 0.117. The highest BCUT2D eigenvalue weighted by atomic mass is 16.3. The molecular formula is C11H18N2O. The average Bonchev–Trinajstić information content (AvgIpc) is 2.73. The molecule has 1 saturated carbocycles. The first-order chi connectivity index (χ1) is 6.69. The van der Waals surface area contributed by atoms with Gasteiger partial charge in [0.15, 0.2) is 0 Å². The Balaban J connectivity index is 2.25. The second kappa shape index (κ2) is 3.41. The van der Waals surface area contributed by atoms with Crippen LogP contribution in [0.25, 0.3) is 0 Å². The third-order valence-electron chi connectivity index (χ3n) is 3.24. The van der Waals surface area contributed by atoms with Crippen LogP contribution in [0.3, 0.4) is 0 Å². The molecule has 0 aromatic carbocycles. The van der Waals surface area contributed by atoms with Crippen LogP contribution < -0.4 is 0 Å². The molecule has 0 amide bonds. The monoisotopic (exact) mass is 194 g/mol. The van der Waals surface area contributed by atoms with E-state index in [-0.39, 0.29) is 5.41 Å². The quantitative estimate of drug-likeness (QED) is 0.760. The summed E-state index contributed by atoms with van der Waals surface area (Å²) in [6.07, 6.45) is 6.24. The number of H-pyrrole nitrogens is 1. The first kappa shape index (κ1) is 9.74. The van der Waals surface area contributed by atoms with E-state index in [4.69, 9.17) is 0 Å². The molecule has 2 N–H and O–H groups in total. The molecule has 0 bridgehead atoms. The molecule has 1 aliphatic rings. The zero-order valence-corrected chi connectivity index (χ0v) is 8.83. The zero-order valence-electron chi connectivity index (χ0n) is 8.83. The summed E-state index contributed by atoms with van der Waals surface area (Å²) < 4.78 is 0. The summed E-state index contributed by atoms with van der Waals surface area (Å²) in [5.41, 5.74) is 1.40. The Morgan fingerprint density at radius 1 is 1.57 bits per heavy atom. The molecule has 1 atom stereocenters. The number of hydrogen-bond acceptors (Lipinski definition) is 2. The maximum absolute atomic E-state index is 9.44. The maximum Gasteiger partial charge on any atom is 0.0505 e. The van der Waals surface area contributed by atoms with E-state index in [1.54, 1.807) is 0 Å². The van der Waals surface area contributed by atoms with E-state index in [2.05, 4.69) is 30.0 Å². The van der Waals surface area contributed by atoms with Crippen LogP contribution in [0.2, 0.25) is 0 Å². The molecule has 2 rings (SSSR count). The van der Waals surface area contributed by atoms with Gasteiger partial charge in [-0.25, -0.2) is 0 Å². The number of nitrogens with zero attached hydrogens (tertiary/aromatic N) is 1. The lowest BCUT2D eigenvalue weighted by Crippen LogP contribution is -2.30. The van der Waals surface area contributed by atoms with Crippen molar-refractivity contribution in [2.24, 2.45) is 5.41 Å². The van der Waals surface area contributed by atoms with Crippen molar-refractivity contribution in [3.05, 3.63) is 24.0 Å². The minimum atomic E-state index is 0.117. The van der Waals surface area contributed by atoms with Crippen molar-refractivity contribution in [2.45, 2.75) is 18.9 Å². The number of aliphatic hydroxyl groups is 1. The van der Waals surface area contributed by atoms with Crippen molar-refractivity contribution >= 4 is 0 Å². The molecule has 78 valence electrons. The number of aliphatic hydroxyl groups excluding tert-OH is 1. The summed E-state index contributed by atoms with van der Waals surface area (Å²) in [5.74, 6) is 0. The van der Waals surface area contributed by atoms with Gasteiger partial charge >= 0.3 is 0 Å². The molecule has 1 aromatic rings. The summed E-state index contributed by atoms with van der Waals surface area (Å²) in [4.78, 5) is 5.28. The molecule has 0 aliphatic heterocycles. The normalized spacial score (nSPS) is 21.1. The van der Waals surface area contributed by atoms with Crippen molar-refractivity contribution in [3.8, 4) is 0 Å². The molecule has 1 heterocycles. The van der Waals surface area contributed by atoms with Crippen LogP contribution in [0.15, 0.2) is 18.5 Å². The number of nitrogens with one attached hydrogen (secondary N) is 1. The molecule has 1 unspecified atom stereocenters. The maximum atomic E-state index is 9.44. The fraction of sp³-hybridized carbons (Fsp3) is 0.636. The molecule has 3 heteroatoms. The fourth-order valence-electron chi connectivity index (χ4n) is 2.38. The largest absolute Gasteiger partial charge is 0.396 e. The van der Waals surface area contributed by atoms with E-state index in [1.165, 1.54) is 5.56 Å². The van der Waals surface area contributed by atoms with E-state index in [0.29, 0.717) is 12.6 Å². The lowest BCUT2D eigenvalue weighted by Gasteiger charge is -2.31. The van der Waals surface area contributed by atoms with Gasteiger partial charge in [-0.2, -0.15) is 0 Å². The number of rotatable bonds is 4. The highest BCUT2D eigenvalue weighted by molar-refractivity contribution is 5.21. The highest BCUT2D eigenvalue weighted by Gasteiger charge is 2.50. The predicted octanol–water partition coefficient (Wildman–Crippen LogP) is 1.39. The Hall–Kier alpha value is -0.800. The van der Waals surface area contributed by atoms with Crippen molar-refractivity contribution in [3.63, 3.8) is 0 Å². The molecule has 0 saturated heterocycles. The highest BCUT2D eigenvalue weighted by Crippen LogP contribution is 2.56. The van der Waals surface area contributed by atoms with Gasteiger partial charge < -0.3 is 15.0 Å². The topological polar surface area (TPSA) is 39.3 Å². The number of aromatic nitrogens is 1. The smallest absolute Gasteiger partial charge is 0.0505 e. The molecule has 3 nitrogen and oxygen atoms in total. The molecular weight excluding hydrogens is 176 g/mol.